The summed E-state index contributed by atoms with van der Waals surface area (Å²) in [4.78, 5) is 28.2. The largest absolute Gasteiger partial charge is 0.366 e. The molecule has 2 saturated heterocycles. The molecule has 6 heteroatoms. The molecule has 0 radical (unpaired) electrons. The standard InChI is InChI=1S/C20H29N3O3/c1-20(2,3)14-16-7-6-12-22(16)19(24)15-8-9-17(18(13-15)23(25)26)21-10-4-5-11-21/h8-9,13,16H,4-7,10-12,14H2,1-3H3. The lowest BCUT2D eigenvalue weighted by Gasteiger charge is -2.30. The maximum atomic E-state index is 13.0. The van der Waals surface area contributed by atoms with E-state index in [0.29, 0.717) is 11.3 Å². The molecule has 0 aliphatic carbocycles. The molecule has 1 aromatic rings. The van der Waals surface area contributed by atoms with Gasteiger partial charge >= 0.3 is 0 Å². The minimum atomic E-state index is -0.360. The van der Waals surface area contributed by atoms with E-state index in [2.05, 4.69) is 20.8 Å². The van der Waals surface area contributed by atoms with E-state index in [1.54, 1.807) is 12.1 Å². The van der Waals surface area contributed by atoms with Gasteiger partial charge in [-0.15, -0.1) is 0 Å². The monoisotopic (exact) mass is 359 g/mol. The lowest BCUT2D eigenvalue weighted by molar-refractivity contribution is -0.384. The van der Waals surface area contributed by atoms with Crippen molar-refractivity contribution in [2.45, 2.75) is 58.9 Å². The number of nitro benzene ring substituents is 1. The van der Waals surface area contributed by atoms with Crippen molar-refractivity contribution in [3.63, 3.8) is 0 Å². The second kappa shape index (κ2) is 7.25. The van der Waals surface area contributed by atoms with E-state index in [1.807, 2.05) is 9.80 Å². The van der Waals surface area contributed by atoms with Gasteiger partial charge in [0.1, 0.15) is 5.69 Å². The fraction of sp³-hybridized carbons (Fsp3) is 0.650. The molecule has 2 aliphatic rings. The summed E-state index contributed by atoms with van der Waals surface area (Å²) in [6.45, 7) is 8.97. The molecule has 3 rings (SSSR count). The molecule has 0 N–H and O–H groups in total. The lowest BCUT2D eigenvalue weighted by atomic mass is 9.87. The molecular formula is C20H29N3O3. The van der Waals surface area contributed by atoms with Crippen LogP contribution in [0.1, 0.15) is 63.2 Å². The van der Waals surface area contributed by atoms with Gasteiger partial charge in [-0.1, -0.05) is 20.8 Å². The van der Waals surface area contributed by atoms with Gasteiger partial charge in [0.05, 0.1) is 4.92 Å². The molecule has 1 atom stereocenters. The highest BCUT2D eigenvalue weighted by molar-refractivity contribution is 5.96. The first-order chi connectivity index (χ1) is 12.3. The van der Waals surface area contributed by atoms with Crippen molar-refractivity contribution in [1.29, 1.82) is 0 Å². The Balaban J connectivity index is 1.85. The van der Waals surface area contributed by atoms with Crippen LogP contribution in [0.2, 0.25) is 0 Å². The number of anilines is 1. The van der Waals surface area contributed by atoms with Crippen LogP contribution >= 0.6 is 0 Å². The number of hydrogen-bond acceptors (Lipinski definition) is 4. The Morgan fingerprint density at radius 1 is 1.19 bits per heavy atom. The maximum absolute atomic E-state index is 13.0. The first kappa shape index (κ1) is 18.7. The van der Waals surface area contributed by atoms with Gasteiger partial charge in [-0.05, 0) is 49.7 Å². The van der Waals surface area contributed by atoms with Gasteiger partial charge in [-0.25, -0.2) is 0 Å². The molecule has 6 nitrogen and oxygen atoms in total. The van der Waals surface area contributed by atoms with Crippen LogP contribution in [-0.4, -0.2) is 41.4 Å². The van der Waals surface area contributed by atoms with E-state index < -0.39 is 0 Å². The van der Waals surface area contributed by atoms with Gasteiger partial charge in [-0.3, -0.25) is 14.9 Å². The summed E-state index contributed by atoms with van der Waals surface area (Å²) in [5, 5.41) is 11.6. The molecule has 1 amide bonds. The predicted octanol–water partition coefficient (Wildman–Crippen LogP) is 4.24. The van der Waals surface area contributed by atoms with Gasteiger partial charge in [0.25, 0.3) is 11.6 Å². The smallest absolute Gasteiger partial charge is 0.293 e. The van der Waals surface area contributed by atoms with E-state index in [0.717, 1.165) is 51.7 Å². The van der Waals surface area contributed by atoms with Crippen molar-refractivity contribution < 1.29 is 9.72 Å². The van der Waals surface area contributed by atoms with Crippen molar-refractivity contribution >= 4 is 17.3 Å². The Morgan fingerprint density at radius 3 is 2.50 bits per heavy atom. The zero-order valence-electron chi connectivity index (χ0n) is 16.0. The van der Waals surface area contributed by atoms with Crippen LogP contribution in [0, 0.1) is 15.5 Å². The van der Waals surface area contributed by atoms with Crippen LogP contribution in [0.25, 0.3) is 0 Å². The Hall–Kier alpha value is -2.11. The van der Waals surface area contributed by atoms with Crippen molar-refractivity contribution in [2.75, 3.05) is 24.5 Å². The van der Waals surface area contributed by atoms with Crippen molar-refractivity contribution in [1.82, 2.24) is 4.90 Å². The Bertz CT molecular complexity index is 690. The van der Waals surface area contributed by atoms with E-state index >= 15 is 0 Å². The Morgan fingerprint density at radius 2 is 1.88 bits per heavy atom. The maximum Gasteiger partial charge on any atom is 0.293 e. The third-order valence-corrected chi connectivity index (χ3v) is 5.35. The van der Waals surface area contributed by atoms with Crippen LogP contribution in [0.4, 0.5) is 11.4 Å². The summed E-state index contributed by atoms with van der Waals surface area (Å²) in [6.07, 6.45) is 5.07. The van der Waals surface area contributed by atoms with Gasteiger partial charge in [0.2, 0.25) is 0 Å². The summed E-state index contributed by atoms with van der Waals surface area (Å²) in [5.41, 5.74) is 1.26. The first-order valence-corrected chi connectivity index (χ1v) is 9.61. The van der Waals surface area contributed by atoms with Crippen LogP contribution in [0.15, 0.2) is 18.2 Å². The summed E-state index contributed by atoms with van der Waals surface area (Å²) >= 11 is 0. The number of carbonyl (C=O) groups is 1. The normalized spacial score (nSPS) is 20.7. The number of likely N-dealkylation sites (tertiary alicyclic amines) is 1. The first-order valence-electron chi connectivity index (χ1n) is 9.61. The predicted molar refractivity (Wildman–Crippen MR) is 103 cm³/mol. The molecule has 26 heavy (non-hydrogen) atoms. The lowest BCUT2D eigenvalue weighted by Crippen LogP contribution is -2.37. The van der Waals surface area contributed by atoms with E-state index in [9.17, 15) is 14.9 Å². The van der Waals surface area contributed by atoms with Crippen LogP contribution < -0.4 is 4.90 Å². The SMILES string of the molecule is CC(C)(C)CC1CCCN1C(=O)c1ccc(N2CCCC2)c([N+](=O)[O-])c1. The Labute approximate surface area is 155 Å². The van der Waals surface area contributed by atoms with E-state index in [-0.39, 0.29) is 28.0 Å². The number of carbonyl (C=O) groups excluding carboxylic acids is 1. The zero-order chi connectivity index (χ0) is 18.9. The number of nitrogens with zero attached hydrogens (tertiary/aromatic N) is 3. The van der Waals surface area contributed by atoms with Crippen molar-refractivity contribution in [3.8, 4) is 0 Å². The molecule has 0 saturated carbocycles. The molecule has 0 spiro atoms. The number of hydrogen-bond donors (Lipinski definition) is 0. The summed E-state index contributed by atoms with van der Waals surface area (Å²) < 4.78 is 0. The number of rotatable bonds is 4. The van der Waals surface area contributed by atoms with Gasteiger partial charge < -0.3 is 9.80 Å². The molecule has 2 fully saturated rings. The molecule has 1 aromatic carbocycles. The molecule has 142 valence electrons. The summed E-state index contributed by atoms with van der Waals surface area (Å²) in [6, 6.07) is 5.21. The summed E-state index contributed by atoms with van der Waals surface area (Å²) in [7, 11) is 0. The molecule has 2 aliphatic heterocycles. The third-order valence-electron chi connectivity index (χ3n) is 5.35. The average Bonchev–Trinajstić information content (AvgIpc) is 3.23. The average molecular weight is 359 g/mol. The fourth-order valence-corrected chi connectivity index (χ4v) is 4.22. The number of amides is 1. The second-order valence-electron chi connectivity index (χ2n) is 8.71. The molecule has 2 heterocycles. The topological polar surface area (TPSA) is 66.7 Å². The number of benzene rings is 1. The fourth-order valence-electron chi connectivity index (χ4n) is 4.22. The Kier molecular flexibility index (Phi) is 5.21. The van der Waals surface area contributed by atoms with Crippen LogP contribution in [0.5, 0.6) is 0 Å². The zero-order valence-corrected chi connectivity index (χ0v) is 16.0. The minimum Gasteiger partial charge on any atom is -0.366 e. The highest BCUT2D eigenvalue weighted by Gasteiger charge is 2.33. The van der Waals surface area contributed by atoms with Crippen LogP contribution in [0.3, 0.4) is 0 Å². The molecule has 0 aromatic heterocycles. The molecular weight excluding hydrogens is 330 g/mol. The van der Waals surface area contributed by atoms with E-state index in [4.69, 9.17) is 0 Å². The molecule has 1 unspecified atom stereocenters. The van der Waals surface area contributed by atoms with Crippen molar-refractivity contribution in [3.05, 3.63) is 33.9 Å². The highest BCUT2D eigenvalue weighted by Crippen LogP contribution is 2.34. The van der Waals surface area contributed by atoms with Crippen LogP contribution in [-0.2, 0) is 0 Å². The number of nitro groups is 1. The van der Waals surface area contributed by atoms with Gasteiger partial charge in [-0.2, -0.15) is 0 Å². The quantitative estimate of drug-likeness (QED) is 0.596. The molecule has 0 bridgehead atoms. The third kappa shape index (κ3) is 4.00. The van der Waals surface area contributed by atoms with E-state index in [1.165, 1.54) is 6.07 Å². The minimum absolute atomic E-state index is 0.0457. The van der Waals surface area contributed by atoms with Crippen molar-refractivity contribution in [2.24, 2.45) is 5.41 Å². The summed E-state index contributed by atoms with van der Waals surface area (Å²) in [5.74, 6) is -0.0761. The van der Waals surface area contributed by atoms with Gasteiger partial charge in [0.15, 0.2) is 0 Å². The highest BCUT2D eigenvalue weighted by atomic mass is 16.6. The van der Waals surface area contributed by atoms with Gasteiger partial charge in [0, 0.05) is 37.3 Å². The second-order valence-corrected chi connectivity index (χ2v) is 8.71.